The van der Waals surface area contributed by atoms with E-state index in [1.807, 2.05) is 54.6 Å². The van der Waals surface area contributed by atoms with Gasteiger partial charge in [0.2, 0.25) is 0 Å². The molecule has 0 aliphatic carbocycles. The molecule has 7 heteroatoms. The summed E-state index contributed by atoms with van der Waals surface area (Å²) >= 11 is 0. The first-order valence-electron chi connectivity index (χ1n) is 8.99. The van der Waals surface area contributed by atoms with Crippen LogP contribution in [0.2, 0.25) is 0 Å². The van der Waals surface area contributed by atoms with Crippen LogP contribution >= 0.6 is 0 Å². The van der Waals surface area contributed by atoms with E-state index in [1.165, 1.54) is 0 Å². The van der Waals surface area contributed by atoms with Crippen LogP contribution in [0.1, 0.15) is 22.3 Å². The minimum absolute atomic E-state index is 0.214. The van der Waals surface area contributed by atoms with Crippen LogP contribution < -0.4 is 10.1 Å². The third-order valence-corrected chi connectivity index (χ3v) is 4.79. The summed E-state index contributed by atoms with van der Waals surface area (Å²) in [5.74, 6) is 0.255. The Morgan fingerprint density at radius 2 is 1.96 bits per heavy atom. The molecule has 3 aromatic heterocycles. The first-order valence-corrected chi connectivity index (χ1v) is 8.99. The highest BCUT2D eigenvalue weighted by atomic mass is 16.5. The predicted molar refractivity (Wildman–Crippen MR) is 104 cm³/mol. The Hall–Kier alpha value is -3.74. The number of carbonyl (C=O) groups is 1. The lowest BCUT2D eigenvalue weighted by atomic mass is 10.1. The zero-order valence-corrected chi connectivity index (χ0v) is 15.2. The van der Waals surface area contributed by atoms with Crippen molar-refractivity contribution >= 4 is 16.9 Å². The number of nitrogens with one attached hydrogen (secondary N) is 1. The maximum absolute atomic E-state index is 12.7. The number of fused-ring (bicyclic) bond motifs is 2. The summed E-state index contributed by atoms with van der Waals surface area (Å²) in [6.07, 6.45) is 1.27. The van der Waals surface area contributed by atoms with Crippen LogP contribution in [0.3, 0.4) is 0 Å². The normalized spacial score (nSPS) is 16.2. The van der Waals surface area contributed by atoms with Gasteiger partial charge in [-0.25, -0.2) is 9.97 Å². The molecule has 4 aromatic rings. The van der Waals surface area contributed by atoms with Gasteiger partial charge in [-0.05, 0) is 24.3 Å². The molecule has 4 heterocycles. The van der Waals surface area contributed by atoms with Crippen LogP contribution in [-0.4, -0.2) is 32.2 Å². The van der Waals surface area contributed by atoms with Gasteiger partial charge in [0.15, 0.2) is 23.2 Å². The Labute approximate surface area is 161 Å². The number of pyridine rings is 2. The van der Waals surface area contributed by atoms with E-state index in [0.717, 1.165) is 10.9 Å². The Bertz CT molecular complexity index is 1190. The number of aromatic nitrogens is 4. The van der Waals surface area contributed by atoms with Gasteiger partial charge in [0.25, 0.3) is 5.91 Å². The molecule has 0 saturated heterocycles. The number of hydrogen-bond donors (Lipinski definition) is 1. The first kappa shape index (κ1) is 16.4. The van der Waals surface area contributed by atoms with E-state index in [-0.39, 0.29) is 5.91 Å². The predicted octanol–water partition coefficient (Wildman–Crippen LogP) is 2.89. The molecule has 1 amide bonds. The van der Waals surface area contributed by atoms with E-state index in [0.29, 0.717) is 35.0 Å². The van der Waals surface area contributed by atoms with Gasteiger partial charge >= 0.3 is 0 Å². The summed E-state index contributed by atoms with van der Waals surface area (Å²) in [4.78, 5) is 21.6. The zero-order valence-electron chi connectivity index (χ0n) is 15.2. The molecule has 1 aliphatic rings. The van der Waals surface area contributed by atoms with Crippen LogP contribution in [0.25, 0.3) is 22.3 Å². The molecule has 28 heavy (non-hydrogen) atoms. The van der Waals surface area contributed by atoms with E-state index in [1.54, 1.807) is 17.9 Å². The van der Waals surface area contributed by atoms with Crippen molar-refractivity contribution < 1.29 is 9.53 Å². The number of carbonyl (C=O) groups excluding carboxylic acids is 1. The fourth-order valence-corrected chi connectivity index (χ4v) is 3.42. The summed E-state index contributed by atoms with van der Waals surface area (Å²) in [6.45, 7) is 0.313. The number of nitrogens with zero attached hydrogens (tertiary/aromatic N) is 4. The highest BCUT2D eigenvalue weighted by Gasteiger charge is 2.31. The summed E-state index contributed by atoms with van der Waals surface area (Å²) in [6, 6.07) is 17.4. The molecule has 0 bridgehead atoms. The maximum atomic E-state index is 12.7. The van der Waals surface area contributed by atoms with Crippen molar-refractivity contribution in [2.24, 2.45) is 7.05 Å². The Kier molecular flexibility index (Phi) is 3.79. The van der Waals surface area contributed by atoms with E-state index in [4.69, 9.17) is 4.74 Å². The number of rotatable bonds is 2. The van der Waals surface area contributed by atoms with Gasteiger partial charge in [0.1, 0.15) is 5.69 Å². The van der Waals surface area contributed by atoms with Crippen LogP contribution in [0.4, 0.5) is 0 Å². The number of ether oxygens (including phenoxy) is 1. The third-order valence-electron chi connectivity index (χ3n) is 4.79. The monoisotopic (exact) mass is 371 g/mol. The molecule has 0 saturated carbocycles. The summed E-state index contributed by atoms with van der Waals surface area (Å²) in [5.41, 5.74) is 3.29. The lowest BCUT2D eigenvalue weighted by Gasteiger charge is -2.16. The van der Waals surface area contributed by atoms with Crippen LogP contribution in [-0.2, 0) is 7.05 Å². The SMILES string of the molecule is Cn1nc(-c2ccccc2)c2c1C(=O)NCC(c1ccc3cccnc3n1)O2. The Morgan fingerprint density at radius 1 is 1.11 bits per heavy atom. The topological polar surface area (TPSA) is 81.9 Å². The second-order valence-electron chi connectivity index (χ2n) is 6.62. The average molecular weight is 371 g/mol. The lowest BCUT2D eigenvalue weighted by Crippen LogP contribution is -2.28. The highest BCUT2D eigenvalue weighted by Crippen LogP contribution is 2.36. The summed E-state index contributed by atoms with van der Waals surface area (Å²) in [5, 5.41) is 8.40. The largest absolute Gasteiger partial charge is 0.477 e. The minimum atomic E-state index is -0.441. The molecule has 138 valence electrons. The molecule has 1 N–H and O–H groups in total. The van der Waals surface area contributed by atoms with Gasteiger partial charge in [-0.15, -0.1) is 0 Å². The Balaban J connectivity index is 1.61. The average Bonchev–Trinajstić information content (AvgIpc) is 2.96. The van der Waals surface area contributed by atoms with Gasteiger partial charge in [0.05, 0.1) is 12.2 Å². The van der Waals surface area contributed by atoms with Crippen molar-refractivity contribution in [3.63, 3.8) is 0 Å². The van der Waals surface area contributed by atoms with Gasteiger partial charge in [-0.1, -0.05) is 30.3 Å². The third kappa shape index (κ3) is 2.68. The van der Waals surface area contributed by atoms with E-state index in [9.17, 15) is 4.79 Å². The number of aryl methyl sites for hydroxylation is 1. The maximum Gasteiger partial charge on any atom is 0.273 e. The van der Waals surface area contributed by atoms with E-state index in [2.05, 4.69) is 20.4 Å². The van der Waals surface area contributed by atoms with Crippen molar-refractivity contribution in [1.29, 1.82) is 0 Å². The quantitative estimate of drug-likeness (QED) is 0.586. The number of hydrogen-bond acceptors (Lipinski definition) is 5. The lowest BCUT2D eigenvalue weighted by molar-refractivity contribution is 0.0941. The van der Waals surface area contributed by atoms with Crippen molar-refractivity contribution in [1.82, 2.24) is 25.1 Å². The molecular weight excluding hydrogens is 354 g/mol. The van der Waals surface area contributed by atoms with Gasteiger partial charge < -0.3 is 10.1 Å². The second-order valence-corrected chi connectivity index (χ2v) is 6.62. The van der Waals surface area contributed by atoms with E-state index >= 15 is 0 Å². The van der Waals surface area contributed by atoms with Gasteiger partial charge in [0, 0.05) is 24.2 Å². The second kappa shape index (κ2) is 6.45. The molecule has 1 aliphatic heterocycles. The molecule has 5 rings (SSSR count). The van der Waals surface area contributed by atoms with Crippen molar-refractivity contribution in [2.45, 2.75) is 6.10 Å². The van der Waals surface area contributed by atoms with Crippen molar-refractivity contribution in [2.75, 3.05) is 6.54 Å². The van der Waals surface area contributed by atoms with Gasteiger partial charge in [-0.3, -0.25) is 9.48 Å². The molecule has 0 spiro atoms. The zero-order chi connectivity index (χ0) is 19.1. The van der Waals surface area contributed by atoms with Crippen LogP contribution in [0.5, 0.6) is 5.75 Å². The summed E-state index contributed by atoms with van der Waals surface area (Å²) < 4.78 is 7.87. The summed E-state index contributed by atoms with van der Waals surface area (Å²) in [7, 11) is 1.74. The molecular formula is C21H17N5O2. The smallest absolute Gasteiger partial charge is 0.273 e. The standard InChI is InChI=1S/C21H17N5O2/c1-26-18-19(17(25-26)13-6-3-2-4-7-13)28-16(12-23-21(18)27)15-10-9-14-8-5-11-22-20(14)24-15/h2-11,16H,12H2,1H3,(H,23,27). The first-order chi connectivity index (χ1) is 13.7. The van der Waals surface area contributed by atoms with Crippen LogP contribution in [0.15, 0.2) is 60.8 Å². The minimum Gasteiger partial charge on any atom is -0.477 e. The Morgan fingerprint density at radius 3 is 2.82 bits per heavy atom. The highest BCUT2D eigenvalue weighted by molar-refractivity contribution is 5.98. The van der Waals surface area contributed by atoms with Gasteiger partial charge in [-0.2, -0.15) is 5.10 Å². The number of amides is 1. The molecule has 7 nitrogen and oxygen atoms in total. The molecule has 0 radical (unpaired) electrons. The van der Waals surface area contributed by atoms with E-state index < -0.39 is 6.10 Å². The molecule has 1 unspecified atom stereocenters. The fraction of sp³-hybridized carbons (Fsp3) is 0.143. The fourth-order valence-electron chi connectivity index (χ4n) is 3.42. The molecule has 0 fully saturated rings. The molecule has 1 atom stereocenters. The van der Waals surface area contributed by atoms with Crippen LogP contribution in [0, 0.1) is 0 Å². The molecule has 1 aromatic carbocycles. The van der Waals surface area contributed by atoms with Crippen molar-refractivity contribution in [3.05, 3.63) is 72.2 Å². The van der Waals surface area contributed by atoms with Crippen molar-refractivity contribution in [3.8, 4) is 17.0 Å². The number of benzene rings is 1.